The lowest BCUT2D eigenvalue weighted by Crippen LogP contribution is -2.44. The second-order valence-corrected chi connectivity index (χ2v) is 14.1. The molecule has 0 aliphatic carbocycles. The third-order valence-corrected chi connectivity index (χ3v) is 11.4. The fraction of sp³-hybridized carbons (Fsp3) is 0.303. The van der Waals surface area contributed by atoms with Crippen molar-refractivity contribution < 1.29 is 28.6 Å². The lowest BCUT2D eigenvalue weighted by atomic mass is 10.0. The number of ether oxygens (including phenoxy) is 3. The monoisotopic (exact) mass is 820 g/mol. The molecule has 2 aliphatic rings. The highest BCUT2D eigenvalue weighted by Gasteiger charge is 2.46. The summed E-state index contributed by atoms with van der Waals surface area (Å²) in [6.07, 6.45) is -0.721. The summed E-state index contributed by atoms with van der Waals surface area (Å²) < 4.78 is 16.5. The maximum Gasteiger partial charge on any atom is 0.423 e. The van der Waals surface area contributed by atoms with Gasteiger partial charge in [-0.1, -0.05) is 94.2 Å². The molecular formula is C33H27Cl7N4O6. The molecule has 5 rings (SSSR count). The van der Waals surface area contributed by atoms with Crippen molar-refractivity contribution in [2.24, 2.45) is 9.98 Å². The molecule has 50 heavy (non-hydrogen) atoms. The number of imide groups is 1. The number of halogens is 7. The Morgan fingerprint density at radius 1 is 0.800 bits per heavy atom. The van der Waals surface area contributed by atoms with Crippen molar-refractivity contribution in [1.82, 2.24) is 10.2 Å². The van der Waals surface area contributed by atoms with E-state index in [9.17, 15) is 14.4 Å². The molecule has 1 atom stereocenters. The number of hydrogen-bond acceptors (Lipinski definition) is 8. The second kappa shape index (κ2) is 15.1. The van der Waals surface area contributed by atoms with Crippen LogP contribution in [0.25, 0.3) is 0 Å². The van der Waals surface area contributed by atoms with Crippen molar-refractivity contribution in [3.8, 4) is 0 Å². The van der Waals surface area contributed by atoms with E-state index in [0.717, 1.165) is 4.90 Å². The van der Waals surface area contributed by atoms with Gasteiger partial charge in [-0.3, -0.25) is 9.59 Å². The molecule has 2 aliphatic heterocycles. The lowest BCUT2D eigenvalue weighted by molar-refractivity contribution is -0.0586. The molecule has 10 nitrogen and oxygen atoms in total. The molecule has 0 bridgehead atoms. The molecular weight excluding hydrogens is 797 g/mol. The molecule has 2 heterocycles. The minimum Gasteiger partial charge on any atom is -0.440 e. The van der Waals surface area contributed by atoms with Crippen molar-refractivity contribution in [3.05, 3.63) is 86.7 Å². The largest absolute Gasteiger partial charge is 0.440 e. The van der Waals surface area contributed by atoms with Gasteiger partial charge in [-0.25, -0.2) is 14.8 Å². The fourth-order valence-electron chi connectivity index (χ4n) is 5.22. The average molecular weight is 824 g/mol. The Balaban J connectivity index is 1.64. The van der Waals surface area contributed by atoms with Crippen LogP contribution in [0.15, 0.2) is 28.2 Å². The number of hydrogen-bond donors (Lipinski definition) is 1. The van der Waals surface area contributed by atoms with Gasteiger partial charge in [0.25, 0.3) is 11.8 Å². The summed E-state index contributed by atoms with van der Waals surface area (Å²) in [5.74, 6) is -1.41. The number of fused-ring (bicyclic) bond motifs is 2. The summed E-state index contributed by atoms with van der Waals surface area (Å²) in [7, 11) is 1.54. The van der Waals surface area contributed by atoms with Crippen LogP contribution in [0.4, 0.5) is 16.2 Å². The number of aliphatic imine (C=N–C) groups is 2. The maximum atomic E-state index is 13.9. The topological polar surface area (TPSA) is 119 Å². The summed E-state index contributed by atoms with van der Waals surface area (Å²) >= 11 is 45.0. The molecule has 0 saturated carbocycles. The van der Waals surface area contributed by atoms with E-state index >= 15 is 0 Å². The molecule has 0 spiro atoms. The summed E-state index contributed by atoms with van der Waals surface area (Å²) in [5, 5.41) is 2.29. The molecule has 3 aromatic rings. The third-order valence-electron chi connectivity index (χ3n) is 8.21. The summed E-state index contributed by atoms with van der Waals surface area (Å²) in [4.78, 5) is 50.9. The molecule has 0 fully saturated rings. The van der Waals surface area contributed by atoms with Crippen molar-refractivity contribution >= 4 is 122 Å². The molecule has 0 saturated heterocycles. The Morgan fingerprint density at radius 3 is 2.00 bits per heavy atom. The molecule has 17 heteroatoms. The quantitative estimate of drug-likeness (QED) is 0.130. The molecule has 1 unspecified atom stereocenters. The zero-order valence-electron chi connectivity index (χ0n) is 27.0. The second-order valence-electron chi connectivity index (χ2n) is 11.5. The first-order valence-electron chi connectivity index (χ1n) is 14.8. The van der Waals surface area contributed by atoms with E-state index in [1.54, 1.807) is 45.9 Å². The predicted molar refractivity (Wildman–Crippen MR) is 198 cm³/mol. The maximum absolute atomic E-state index is 13.9. The van der Waals surface area contributed by atoms with Crippen LogP contribution in [0.1, 0.15) is 63.2 Å². The van der Waals surface area contributed by atoms with Crippen molar-refractivity contribution in [3.63, 3.8) is 0 Å². The van der Waals surface area contributed by atoms with Crippen molar-refractivity contribution in [1.29, 1.82) is 0 Å². The predicted octanol–water partition coefficient (Wildman–Crippen LogP) is 10.2. The smallest absolute Gasteiger partial charge is 0.423 e. The summed E-state index contributed by atoms with van der Waals surface area (Å²) in [6.45, 7) is 7.48. The van der Waals surface area contributed by atoms with Crippen molar-refractivity contribution in [2.75, 3.05) is 26.9 Å². The Kier molecular flexibility index (Phi) is 11.7. The average Bonchev–Trinajstić information content (AvgIpc) is 3.57. The van der Waals surface area contributed by atoms with E-state index in [2.05, 4.69) is 5.32 Å². The Hall–Kier alpha value is -2.64. The van der Waals surface area contributed by atoms with Crippen LogP contribution in [0.5, 0.6) is 0 Å². The van der Waals surface area contributed by atoms with Gasteiger partial charge in [-0.05, 0) is 44.9 Å². The van der Waals surface area contributed by atoms with Gasteiger partial charge in [0, 0.05) is 18.2 Å². The van der Waals surface area contributed by atoms with Gasteiger partial charge < -0.3 is 19.5 Å². The Labute approximate surface area is 322 Å². The van der Waals surface area contributed by atoms with Crippen LogP contribution < -0.4 is 5.32 Å². The first kappa shape index (κ1) is 38.6. The van der Waals surface area contributed by atoms with Crippen LogP contribution in [0.3, 0.4) is 0 Å². The number of methoxy groups -OCH3 is 1. The summed E-state index contributed by atoms with van der Waals surface area (Å²) in [6, 6.07) is 4.96. The Bertz CT molecular complexity index is 2040. The standard InChI is InChI=1S/C33H27Cl7N4O6/c1-6-33(4,12-49-11-10-48-5)50-32(47)44-29(18-20(31(44)46)24(37)27(40)26(39)22(18)35)42-16-9-7-8-15(13(16)2)41-28-17-14(3)21(34)25(38)23(36)19(17)30(45)43-28/h7-9H,6,10-12H2,1-5H3,(H,41,43,45). The number of carbonyl (C=O) groups excluding carboxylic acids is 3. The minimum atomic E-state index is -1.14. The van der Waals surface area contributed by atoms with E-state index < -0.39 is 23.5 Å². The number of nitrogens with one attached hydrogen (secondary N) is 1. The summed E-state index contributed by atoms with van der Waals surface area (Å²) in [5.41, 5.74) is 0.831. The number of amidine groups is 2. The molecule has 3 aromatic carbocycles. The van der Waals surface area contributed by atoms with Crippen LogP contribution in [-0.2, 0) is 14.2 Å². The van der Waals surface area contributed by atoms with E-state index in [1.807, 2.05) is 0 Å². The van der Waals surface area contributed by atoms with E-state index in [-0.39, 0.29) is 82.4 Å². The van der Waals surface area contributed by atoms with Gasteiger partial charge in [0.15, 0.2) is 5.84 Å². The highest BCUT2D eigenvalue weighted by atomic mass is 35.5. The van der Waals surface area contributed by atoms with Gasteiger partial charge in [0.1, 0.15) is 11.4 Å². The third kappa shape index (κ3) is 6.83. The number of nitrogens with zero attached hydrogens (tertiary/aromatic N) is 3. The van der Waals surface area contributed by atoms with Gasteiger partial charge in [-0.15, -0.1) is 0 Å². The molecule has 264 valence electrons. The fourth-order valence-corrected chi connectivity index (χ4v) is 6.99. The van der Waals surface area contributed by atoms with Crippen LogP contribution in [0.2, 0.25) is 35.2 Å². The minimum absolute atomic E-state index is 0.00314. The number of benzene rings is 3. The van der Waals surface area contributed by atoms with Crippen LogP contribution >= 0.6 is 81.2 Å². The van der Waals surface area contributed by atoms with E-state index in [4.69, 9.17) is 105 Å². The van der Waals surface area contributed by atoms with Crippen molar-refractivity contribution in [2.45, 2.75) is 39.7 Å². The molecule has 0 radical (unpaired) electrons. The van der Waals surface area contributed by atoms with Gasteiger partial charge in [-0.2, -0.15) is 4.90 Å². The first-order chi connectivity index (χ1) is 23.6. The van der Waals surface area contributed by atoms with E-state index in [1.165, 1.54) is 7.11 Å². The Morgan fingerprint density at radius 2 is 1.38 bits per heavy atom. The number of rotatable bonds is 9. The number of carbonyl (C=O) groups is 3. The van der Waals surface area contributed by atoms with Gasteiger partial charge in [0.05, 0.1) is 83.0 Å². The molecule has 3 amide bonds. The SMILES string of the molecule is CCC(C)(COCCOC)OC(=O)N1C(=O)c2c(Cl)c(Cl)c(Cl)c(Cl)c2C1=Nc1cccc(N=C2NC(=O)c3c(Cl)c(Cl)c(Cl)c(C)c32)c1C. The van der Waals surface area contributed by atoms with Crippen LogP contribution in [0, 0.1) is 13.8 Å². The first-order valence-corrected chi connectivity index (χ1v) is 17.5. The van der Waals surface area contributed by atoms with Gasteiger partial charge >= 0.3 is 6.09 Å². The molecule has 1 N–H and O–H groups in total. The zero-order valence-corrected chi connectivity index (χ0v) is 32.3. The van der Waals surface area contributed by atoms with Crippen LogP contribution in [-0.4, -0.2) is 67.0 Å². The highest BCUT2D eigenvalue weighted by molar-refractivity contribution is 6.56. The number of amides is 3. The van der Waals surface area contributed by atoms with Gasteiger partial charge in [0.2, 0.25) is 0 Å². The van der Waals surface area contributed by atoms with E-state index in [0.29, 0.717) is 35.4 Å². The normalized spacial score (nSPS) is 16.6. The zero-order chi connectivity index (χ0) is 36.8. The highest BCUT2D eigenvalue weighted by Crippen LogP contribution is 2.46. The molecule has 0 aromatic heterocycles. The lowest BCUT2D eigenvalue weighted by Gasteiger charge is -2.30.